The first kappa shape index (κ1) is 11.9. The molecule has 0 amide bonds. The molecule has 0 spiro atoms. The number of nitro groups is 1. The number of carboxylic acids is 1. The predicted octanol–water partition coefficient (Wildman–Crippen LogP) is 1.76. The van der Waals surface area contributed by atoms with Crippen LogP contribution in [0.4, 0.5) is 18.9 Å². The van der Waals surface area contributed by atoms with Crippen LogP contribution < -0.4 is 0 Å². The Kier molecular flexibility index (Phi) is 3.06. The minimum atomic E-state index is -3.36. The summed E-state index contributed by atoms with van der Waals surface area (Å²) in [6.07, 6.45) is -3.16. The van der Waals surface area contributed by atoms with Gasteiger partial charge in [0.25, 0.3) is 6.43 Å². The Balaban J connectivity index is 3.63. The Morgan fingerprint density at radius 1 is 1.56 bits per heavy atom. The monoisotopic (exact) mass is 236 g/mol. The fourth-order valence-electron chi connectivity index (χ4n) is 1.04. The average molecular weight is 236 g/mol. The molecule has 1 N–H and O–H groups in total. The van der Waals surface area contributed by atoms with E-state index in [1.807, 2.05) is 0 Å². The third kappa shape index (κ3) is 1.92. The van der Waals surface area contributed by atoms with Crippen LogP contribution in [0.3, 0.4) is 0 Å². The number of aromatic carboxylic acids is 1. The van der Waals surface area contributed by atoms with Gasteiger partial charge in [-0.3, -0.25) is 10.1 Å². The molecule has 0 aliphatic rings. The van der Waals surface area contributed by atoms with E-state index in [2.05, 4.69) is 4.98 Å². The Morgan fingerprint density at radius 3 is 2.50 bits per heavy atom. The number of hydrogen-bond acceptors (Lipinski definition) is 4. The molecule has 0 saturated heterocycles. The summed E-state index contributed by atoms with van der Waals surface area (Å²) >= 11 is 0. The normalized spacial score (nSPS) is 10.5. The molecule has 0 fully saturated rings. The molecule has 0 atom stereocenters. The maximum Gasteiger partial charge on any atom is 0.345 e. The number of hydrogen-bond donors (Lipinski definition) is 1. The van der Waals surface area contributed by atoms with Gasteiger partial charge in [0.1, 0.15) is 0 Å². The first-order valence-electron chi connectivity index (χ1n) is 3.70. The zero-order valence-electron chi connectivity index (χ0n) is 7.35. The zero-order valence-corrected chi connectivity index (χ0v) is 7.35. The summed E-state index contributed by atoms with van der Waals surface area (Å²) in [6, 6.07) is 0. The summed E-state index contributed by atoms with van der Waals surface area (Å²) in [5.74, 6) is -3.54. The van der Waals surface area contributed by atoms with E-state index < -0.39 is 40.1 Å². The van der Waals surface area contributed by atoms with Gasteiger partial charge in [0.2, 0.25) is 0 Å². The molecule has 0 bridgehead atoms. The lowest BCUT2D eigenvalue weighted by Crippen LogP contribution is -2.10. The van der Waals surface area contributed by atoms with Gasteiger partial charge in [0.05, 0.1) is 11.1 Å². The highest BCUT2D eigenvalue weighted by Crippen LogP contribution is 2.31. The van der Waals surface area contributed by atoms with Crippen LogP contribution in [0.15, 0.2) is 6.20 Å². The van der Waals surface area contributed by atoms with Gasteiger partial charge in [-0.25, -0.2) is 22.9 Å². The van der Waals surface area contributed by atoms with Crippen LogP contribution in [-0.4, -0.2) is 21.0 Å². The van der Waals surface area contributed by atoms with Crippen LogP contribution in [0.25, 0.3) is 0 Å². The van der Waals surface area contributed by atoms with Gasteiger partial charge in [-0.05, 0) is 0 Å². The fraction of sp³-hybridized carbons (Fsp3) is 0.143. The highest BCUT2D eigenvalue weighted by molar-refractivity contribution is 5.93. The number of pyridine rings is 1. The maximum atomic E-state index is 12.9. The Labute approximate surface area is 85.5 Å². The second-order valence-corrected chi connectivity index (χ2v) is 2.58. The van der Waals surface area contributed by atoms with Crippen LogP contribution in [0, 0.1) is 15.9 Å². The molecule has 1 rings (SSSR count). The minimum absolute atomic E-state index is 0.206. The van der Waals surface area contributed by atoms with E-state index >= 15 is 0 Å². The minimum Gasteiger partial charge on any atom is -0.477 e. The predicted molar refractivity (Wildman–Crippen MR) is 42.8 cm³/mol. The van der Waals surface area contributed by atoms with Crippen molar-refractivity contribution in [1.29, 1.82) is 0 Å². The first-order valence-corrected chi connectivity index (χ1v) is 3.70. The molecule has 0 radical (unpaired) electrons. The van der Waals surface area contributed by atoms with Gasteiger partial charge in [-0.15, -0.1) is 0 Å². The van der Waals surface area contributed by atoms with Crippen LogP contribution in [0.1, 0.15) is 22.5 Å². The van der Waals surface area contributed by atoms with E-state index in [9.17, 15) is 28.1 Å². The highest BCUT2D eigenvalue weighted by Gasteiger charge is 2.33. The van der Waals surface area contributed by atoms with Crippen molar-refractivity contribution in [3.63, 3.8) is 0 Å². The van der Waals surface area contributed by atoms with Crippen LogP contribution in [0.5, 0.6) is 0 Å². The molecule has 9 heteroatoms. The largest absolute Gasteiger partial charge is 0.477 e. The van der Waals surface area contributed by atoms with Crippen molar-refractivity contribution in [2.75, 3.05) is 0 Å². The van der Waals surface area contributed by atoms with Gasteiger partial charge < -0.3 is 5.11 Å². The molecule has 6 nitrogen and oxygen atoms in total. The molecule has 86 valence electrons. The van der Waals surface area contributed by atoms with Crippen molar-refractivity contribution in [1.82, 2.24) is 4.98 Å². The molecular weight excluding hydrogens is 233 g/mol. The number of rotatable bonds is 3. The smallest absolute Gasteiger partial charge is 0.345 e. The van der Waals surface area contributed by atoms with Crippen molar-refractivity contribution in [2.45, 2.75) is 6.43 Å². The molecule has 0 unspecified atom stereocenters. The van der Waals surface area contributed by atoms with E-state index in [1.165, 1.54) is 0 Å². The van der Waals surface area contributed by atoms with Gasteiger partial charge in [-0.1, -0.05) is 0 Å². The first-order chi connectivity index (χ1) is 7.36. The van der Waals surface area contributed by atoms with Crippen molar-refractivity contribution in [2.24, 2.45) is 0 Å². The number of halogens is 3. The van der Waals surface area contributed by atoms with Crippen molar-refractivity contribution >= 4 is 11.7 Å². The summed E-state index contributed by atoms with van der Waals surface area (Å²) in [5, 5.41) is 18.9. The van der Waals surface area contributed by atoms with E-state index in [-0.39, 0.29) is 6.20 Å². The molecule has 1 aromatic rings. The topological polar surface area (TPSA) is 93.3 Å². The Bertz CT molecular complexity index is 463. The summed E-state index contributed by atoms with van der Waals surface area (Å²) in [6.45, 7) is 0. The molecule has 1 heterocycles. The number of aromatic nitrogens is 1. The lowest BCUT2D eigenvalue weighted by atomic mass is 10.1. The van der Waals surface area contributed by atoms with E-state index in [1.54, 1.807) is 0 Å². The highest BCUT2D eigenvalue weighted by atomic mass is 19.3. The summed E-state index contributed by atoms with van der Waals surface area (Å²) in [7, 11) is 0. The average Bonchev–Trinajstić information content (AvgIpc) is 2.15. The summed E-state index contributed by atoms with van der Waals surface area (Å²) < 4.78 is 37.5. The summed E-state index contributed by atoms with van der Waals surface area (Å²) in [5.41, 5.74) is -4.32. The molecule has 0 aromatic carbocycles. The summed E-state index contributed by atoms with van der Waals surface area (Å²) in [4.78, 5) is 22.3. The third-order valence-corrected chi connectivity index (χ3v) is 1.64. The van der Waals surface area contributed by atoms with Crippen molar-refractivity contribution < 1.29 is 28.0 Å². The molecule has 1 aromatic heterocycles. The molecule has 0 saturated carbocycles. The second kappa shape index (κ2) is 4.13. The third-order valence-electron chi connectivity index (χ3n) is 1.64. The molecule has 0 aliphatic carbocycles. The van der Waals surface area contributed by atoms with E-state index in [0.717, 1.165) is 0 Å². The van der Waals surface area contributed by atoms with Gasteiger partial charge in [0.15, 0.2) is 17.1 Å². The standard InChI is InChI=1S/C7H3F3N2O4/c8-2-1-11-4(6(9)10)5(12(15)16)3(2)7(13)14/h1,6H,(H,13,14). The lowest BCUT2D eigenvalue weighted by molar-refractivity contribution is -0.387. The van der Waals surface area contributed by atoms with E-state index in [0.29, 0.717) is 0 Å². The number of carboxylic acid groups (broad SMARTS) is 1. The zero-order chi connectivity index (χ0) is 12.5. The second-order valence-electron chi connectivity index (χ2n) is 2.58. The van der Waals surface area contributed by atoms with Gasteiger partial charge in [0, 0.05) is 0 Å². The SMILES string of the molecule is O=C(O)c1c(F)cnc(C(F)F)c1[N+](=O)[O-]. The fourth-order valence-corrected chi connectivity index (χ4v) is 1.04. The van der Waals surface area contributed by atoms with Crippen LogP contribution in [-0.2, 0) is 0 Å². The van der Waals surface area contributed by atoms with E-state index in [4.69, 9.17) is 5.11 Å². The van der Waals surface area contributed by atoms with Gasteiger partial charge >= 0.3 is 11.7 Å². The van der Waals surface area contributed by atoms with Gasteiger partial charge in [-0.2, -0.15) is 0 Å². The Hall–Kier alpha value is -2.19. The molecular formula is C7H3F3N2O4. The lowest BCUT2D eigenvalue weighted by Gasteiger charge is -2.04. The quantitative estimate of drug-likeness (QED) is 0.637. The molecule has 16 heavy (non-hydrogen) atoms. The van der Waals surface area contributed by atoms with Crippen molar-refractivity contribution in [3.8, 4) is 0 Å². The van der Waals surface area contributed by atoms with Crippen LogP contribution in [0.2, 0.25) is 0 Å². The van der Waals surface area contributed by atoms with Crippen LogP contribution >= 0.6 is 0 Å². The number of carbonyl (C=O) groups is 1. The van der Waals surface area contributed by atoms with Crippen molar-refractivity contribution in [3.05, 3.63) is 33.4 Å². The maximum absolute atomic E-state index is 12.9. The number of alkyl halides is 2. The Morgan fingerprint density at radius 2 is 2.12 bits per heavy atom. The number of nitrogens with zero attached hydrogens (tertiary/aromatic N) is 2. The molecule has 0 aliphatic heterocycles.